The van der Waals surface area contributed by atoms with Crippen LogP contribution in [0, 0.1) is 0 Å². The summed E-state index contributed by atoms with van der Waals surface area (Å²) < 4.78 is 0. The number of H-pyrrole nitrogens is 1. The van der Waals surface area contributed by atoms with Crippen molar-refractivity contribution in [2.45, 2.75) is 13.0 Å². The molecule has 3 aromatic heterocycles. The Kier molecular flexibility index (Phi) is 6.64. The maximum atomic E-state index is 12.2. The van der Waals surface area contributed by atoms with Gasteiger partial charge in [-0.05, 0) is 47.0 Å². The molecule has 5 aromatic rings. The average molecular weight is 507 g/mol. The fraction of sp³-hybridized carbons (Fsp3) is 0.222. The molecule has 11 heteroatoms. The van der Waals surface area contributed by atoms with Crippen molar-refractivity contribution in [3.8, 4) is 11.1 Å². The van der Waals surface area contributed by atoms with Gasteiger partial charge in [-0.3, -0.25) is 19.7 Å². The van der Waals surface area contributed by atoms with E-state index in [1.54, 1.807) is 0 Å². The molecule has 1 aliphatic rings. The summed E-state index contributed by atoms with van der Waals surface area (Å²) >= 11 is 0. The highest BCUT2D eigenvalue weighted by Gasteiger charge is 2.19. The summed E-state index contributed by atoms with van der Waals surface area (Å²) in [7, 11) is 0. The van der Waals surface area contributed by atoms with Crippen molar-refractivity contribution >= 4 is 28.4 Å². The summed E-state index contributed by atoms with van der Waals surface area (Å²) in [5.41, 5.74) is 5.72. The van der Waals surface area contributed by atoms with E-state index in [0.717, 1.165) is 60.7 Å². The third kappa shape index (κ3) is 5.47. The molecule has 11 nitrogen and oxygen atoms in total. The van der Waals surface area contributed by atoms with Crippen LogP contribution in [0.3, 0.4) is 0 Å². The number of nitrogens with one attached hydrogen (secondary N) is 2. The first-order valence-electron chi connectivity index (χ1n) is 12.5. The van der Waals surface area contributed by atoms with Crippen molar-refractivity contribution in [3.63, 3.8) is 0 Å². The van der Waals surface area contributed by atoms with Gasteiger partial charge in [-0.15, -0.1) is 10.2 Å². The van der Waals surface area contributed by atoms with Crippen LogP contribution in [-0.2, 0) is 17.8 Å². The van der Waals surface area contributed by atoms with Crippen LogP contribution < -0.4 is 10.2 Å². The first-order chi connectivity index (χ1) is 18.7. The average Bonchev–Trinajstić information content (AvgIpc) is 3.47. The van der Waals surface area contributed by atoms with E-state index in [4.69, 9.17) is 4.98 Å². The van der Waals surface area contributed by atoms with E-state index in [-0.39, 0.29) is 12.3 Å². The van der Waals surface area contributed by atoms with Gasteiger partial charge >= 0.3 is 0 Å². The molecule has 38 heavy (non-hydrogen) atoms. The third-order valence-electron chi connectivity index (χ3n) is 6.56. The van der Waals surface area contributed by atoms with Gasteiger partial charge in [0, 0.05) is 50.8 Å². The van der Waals surface area contributed by atoms with E-state index in [9.17, 15) is 4.79 Å². The molecule has 0 atom stereocenters. The minimum Gasteiger partial charge on any atom is -0.353 e. The molecule has 2 aromatic carbocycles. The Morgan fingerprint density at radius 3 is 2.55 bits per heavy atom. The molecule has 1 fully saturated rings. The van der Waals surface area contributed by atoms with Crippen molar-refractivity contribution in [1.82, 2.24) is 40.5 Å². The molecule has 0 aliphatic carbocycles. The standard InChI is InChI=1S/C27H26N10O/c38-27(15-25-32-34-35-33-25)30-22-6-3-20(4-7-22)21-5-8-23-24(14-21)31-26(17-29-23)37-12-10-36(11-13-37)18-19-2-1-9-28-16-19/h1-9,14,16-17H,10-13,15,18H2,(H,30,38)(H,32,33,34,35). The van der Waals surface area contributed by atoms with Crippen LogP contribution in [-0.4, -0.2) is 72.6 Å². The lowest BCUT2D eigenvalue weighted by atomic mass is 10.0. The molecule has 0 bridgehead atoms. The molecule has 2 N–H and O–H groups in total. The summed E-state index contributed by atoms with van der Waals surface area (Å²) in [6.45, 7) is 4.65. The molecule has 0 radical (unpaired) electrons. The maximum absolute atomic E-state index is 12.2. The monoisotopic (exact) mass is 506 g/mol. The van der Waals surface area contributed by atoms with Crippen LogP contribution >= 0.6 is 0 Å². The molecular formula is C27H26N10O. The fourth-order valence-corrected chi connectivity index (χ4v) is 4.57. The molecule has 0 unspecified atom stereocenters. The second-order valence-corrected chi connectivity index (χ2v) is 9.19. The number of hydrogen-bond acceptors (Lipinski definition) is 9. The smallest absolute Gasteiger partial charge is 0.232 e. The van der Waals surface area contributed by atoms with Gasteiger partial charge in [-0.1, -0.05) is 29.5 Å². The topological polar surface area (TPSA) is 129 Å². The number of piperazine rings is 1. The third-order valence-corrected chi connectivity index (χ3v) is 6.56. The lowest BCUT2D eigenvalue weighted by Crippen LogP contribution is -2.46. The second-order valence-electron chi connectivity index (χ2n) is 9.19. The Labute approximate surface area is 218 Å². The summed E-state index contributed by atoms with van der Waals surface area (Å²) in [5.74, 6) is 1.04. The van der Waals surface area contributed by atoms with Crippen LogP contribution in [0.15, 0.2) is 73.2 Å². The number of nitrogens with zero attached hydrogens (tertiary/aromatic N) is 8. The molecule has 190 valence electrons. The van der Waals surface area contributed by atoms with Gasteiger partial charge in [-0.25, -0.2) is 4.98 Å². The first-order valence-corrected chi connectivity index (χ1v) is 12.5. The van der Waals surface area contributed by atoms with Crippen LogP contribution in [0.4, 0.5) is 11.5 Å². The van der Waals surface area contributed by atoms with E-state index in [1.165, 1.54) is 5.56 Å². The number of pyridine rings is 1. The molecule has 6 rings (SSSR count). The van der Waals surface area contributed by atoms with Crippen molar-refractivity contribution in [1.29, 1.82) is 0 Å². The van der Waals surface area contributed by atoms with Crippen LogP contribution in [0.2, 0.25) is 0 Å². The predicted octanol–water partition coefficient (Wildman–Crippen LogP) is 2.71. The number of hydrogen-bond donors (Lipinski definition) is 2. The number of benzene rings is 2. The van der Waals surface area contributed by atoms with Crippen LogP contribution in [0.25, 0.3) is 22.2 Å². The Bertz CT molecular complexity index is 1520. The number of aromatic amines is 1. The highest BCUT2D eigenvalue weighted by molar-refractivity contribution is 5.92. The number of carbonyl (C=O) groups excluding carboxylic acids is 1. The van der Waals surface area contributed by atoms with Crippen molar-refractivity contribution in [3.05, 3.63) is 84.6 Å². The molecule has 1 saturated heterocycles. The van der Waals surface area contributed by atoms with E-state index in [0.29, 0.717) is 11.5 Å². The van der Waals surface area contributed by atoms with E-state index < -0.39 is 0 Å². The predicted molar refractivity (Wildman–Crippen MR) is 143 cm³/mol. The minimum absolute atomic E-state index is 0.0590. The number of aromatic nitrogens is 7. The van der Waals surface area contributed by atoms with Gasteiger partial charge in [-0.2, -0.15) is 5.21 Å². The van der Waals surface area contributed by atoms with Crippen molar-refractivity contribution in [2.24, 2.45) is 0 Å². The number of anilines is 2. The number of rotatable bonds is 7. The molecule has 0 spiro atoms. The van der Waals surface area contributed by atoms with Crippen LogP contribution in [0.5, 0.6) is 0 Å². The molecule has 1 amide bonds. The molecule has 1 aliphatic heterocycles. The minimum atomic E-state index is -0.203. The number of carbonyl (C=O) groups is 1. The highest BCUT2D eigenvalue weighted by atomic mass is 16.1. The van der Waals surface area contributed by atoms with Crippen molar-refractivity contribution < 1.29 is 4.79 Å². The first kappa shape index (κ1) is 23.6. The summed E-state index contributed by atoms with van der Waals surface area (Å²) in [6.07, 6.45) is 5.66. The molecule has 0 saturated carbocycles. The summed E-state index contributed by atoms with van der Waals surface area (Å²) in [4.78, 5) is 30.8. The molecular weight excluding hydrogens is 480 g/mol. The van der Waals surface area contributed by atoms with Crippen LogP contribution in [0.1, 0.15) is 11.4 Å². The summed E-state index contributed by atoms with van der Waals surface area (Å²) in [6, 6.07) is 17.9. The summed E-state index contributed by atoms with van der Waals surface area (Å²) in [5, 5.41) is 16.3. The number of tetrazole rings is 1. The van der Waals surface area contributed by atoms with Gasteiger partial charge in [0.05, 0.1) is 23.7 Å². The van der Waals surface area contributed by atoms with Gasteiger partial charge in [0.15, 0.2) is 5.82 Å². The number of amides is 1. The largest absolute Gasteiger partial charge is 0.353 e. The Morgan fingerprint density at radius 1 is 0.947 bits per heavy atom. The van der Waals surface area contributed by atoms with E-state index in [1.807, 2.05) is 61.1 Å². The van der Waals surface area contributed by atoms with Gasteiger partial charge in [0.1, 0.15) is 5.82 Å². The van der Waals surface area contributed by atoms with Gasteiger partial charge in [0.25, 0.3) is 0 Å². The van der Waals surface area contributed by atoms with Gasteiger partial charge < -0.3 is 10.2 Å². The Morgan fingerprint density at radius 2 is 1.79 bits per heavy atom. The zero-order chi connectivity index (χ0) is 25.7. The quantitative estimate of drug-likeness (QED) is 0.342. The normalized spacial score (nSPS) is 14.1. The van der Waals surface area contributed by atoms with E-state index in [2.05, 4.69) is 57.8 Å². The maximum Gasteiger partial charge on any atom is 0.232 e. The molecule has 4 heterocycles. The fourth-order valence-electron chi connectivity index (χ4n) is 4.57. The lowest BCUT2D eigenvalue weighted by Gasteiger charge is -2.35. The lowest BCUT2D eigenvalue weighted by molar-refractivity contribution is -0.115. The zero-order valence-corrected chi connectivity index (χ0v) is 20.7. The van der Waals surface area contributed by atoms with E-state index >= 15 is 0 Å². The Balaban J connectivity index is 1.11. The van der Waals surface area contributed by atoms with Gasteiger partial charge in [0.2, 0.25) is 5.91 Å². The zero-order valence-electron chi connectivity index (χ0n) is 20.7. The Hall–Kier alpha value is -4.77. The van der Waals surface area contributed by atoms with Crippen molar-refractivity contribution in [2.75, 3.05) is 36.4 Å². The highest BCUT2D eigenvalue weighted by Crippen LogP contribution is 2.26. The second kappa shape index (κ2) is 10.7. The number of fused-ring (bicyclic) bond motifs is 1. The SMILES string of the molecule is O=C(Cc1nn[nH]n1)Nc1ccc(-c2ccc3ncc(N4CCN(Cc5cccnc5)CC4)nc3c2)cc1.